The molecule has 0 saturated heterocycles. The molecule has 2 atom stereocenters. The highest BCUT2D eigenvalue weighted by molar-refractivity contribution is 6.89. The average Bonchev–Trinajstić information content (AvgIpc) is 2.46. The van der Waals surface area contributed by atoms with Gasteiger partial charge in [-0.05, 0) is 37.7 Å². The summed E-state index contributed by atoms with van der Waals surface area (Å²) in [5.74, 6) is 1.54. The maximum absolute atomic E-state index is 12.1. The molecule has 20 heavy (non-hydrogen) atoms. The van der Waals surface area contributed by atoms with Crippen LogP contribution in [0.15, 0.2) is 22.0 Å². The molecule has 0 fully saturated rings. The number of fused-ring (bicyclic) bond motifs is 2. The Morgan fingerprint density at radius 1 is 1.05 bits per heavy atom. The van der Waals surface area contributed by atoms with E-state index in [1.807, 2.05) is 5.20 Å². The Hall–Kier alpha value is -0.416. The summed E-state index contributed by atoms with van der Waals surface area (Å²) in [7, 11) is -2.67. The lowest BCUT2D eigenvalue weighted by molar-refractivity contribution is -0.114. The van der Waals surface area contributed by atoms with Crippen molar-refractivity contribution in [1.82, 2.24) is 0 Å². The Balaban J connectivity index is 2.63. The first-order valence-electron chi connectivity index (χ1n) is 7.99. The van der Waals surface area contributed by atoms with E-state index in [-0.39, 0.29) is 0 Å². The Kier molecular flexibility index (Phi) is 4.07. The maximum atomic E-state index is 12.1. The predicted molar refractivity (Wildman–Crippen MR) is 93.3 cm³/mol. The second-order valence-corrected chi connectivity index (χ2v) is 18.7. The summed E-state index contributed by atoms with van der Waals surface area (Å²) in [6.45, 7) is 16.7. The minimum absolute atomic E-state index is 0.309. The first-order valence-corrected chi connectivity index (χ1v) is 15.0. The maximum Gasteiger partial charge on any atom is 0.156 e. The van der Waals surface area contributed by atoms with E-state index in [1.165, 1.54) is 12.8 Å². The van der Waals surface area contributed by atoms with Gasteiger partial charge in [-0.1, -0.05) is 55.8 Å². The first-order chi connectivity index (χ1) is 9.03. The van der Waals surface area contributed by atoms with Crippen LogP contribution in [-0.4, -0.2) is 21.9 Å². The molecule has 0 radical (unpaired) electrons. The molecule has 0 aromatic rings. The first kappa shape index (κ1) is 16.0. The van der Waals surface area contributed by atoms with Gasteiger partial charge in [-0.3, -0.25) is 4.79 Å². The molecule has 0 saturated carbocycles. The third-order valence-electron chi connectivity index (χ3n) is 4.84. The van der Waals surface area contributed by atoms with Crippen LogP contribution in [0.25, 0.3) is 0 Å². The standard InChI is InChI=1S/C17H30OSi2/c1-12(18)14-10-8-9-13-11-15(14)17(20(5,6)7)16(13)19(2,3)4/h10,13,15H,8-9,11H2,1-7H3. The van der Waals surface area contributed by atoms with Crippen LogP contribution in [0.1, 0.15) is 26.2 Å². The summed E-state index contributed by atoms with van der Waals surface area (Å²) in [5, 5.41) is 3.59. The average molecular weight is 307 g/mol. The summed E-state index contributed by atoms with van der Waals surface area (Å²) >= 11 is 0. The van der Waals surface area contributed by atoms with Gasteiger partial charge in [-0.15, -0.1) is 0 Å². The van der Waals surface area contributed by atoms with Crippen molar-refractivity contribution in [2.24, 2.45) is 11.8 Å². The van der Waals surface area contributed by atoms with Gasteiger partial charge in [0.1, 0.15) is 0 Å². The van der Waals surface area contributed by atoms with Crippen molar-refractivity contribution >= 4 is 21.9 Å². The fourth-order valence-corrected chi connectivity index (χ4v) is 11.4. The lowest BCUT2D eigenvalue weighted by atomic mass is 9.94. The SMILES string of the molecule is CC(=O)C1=CCCC2CC1C([Si](C)(C)C)=C2[Si](C)(C)C. The predicted octanol–water partition coefficient (Wildman–Crippen LogP) is 4.98. The van der Waals surface area contributed by atoms with Crippen LogP contribution < -0.4 is 0 Å². The molecule has 0 N–H and O–H groups in total. The Labute approximate surface area is 126 Å². The van der Waals surface area contributed by atoms with Gasteiger partial charge in [0, 0.05) is 5.92 Å². The molecule has 0 aliphatic heterocycles. The van der Waals surface area contributed by atoms with Crippen LogP contribution in [0.2, 0.25) is 39.3 Å². The van der Waals surface area contributed by atoms with Gasteiger partial charge in [-0.2, -0.15) is 0 Å². The number of allylic oxidation sites excluding steroid dienone is 4. The van der Waals surface area contributed by atoms with Gasteiger partial charge >= 0.3 is 0 Å². The third-order valence-corrected chi connectivity index (χ3v) is 9.62. The van der Waals surface area contributed by atoms with E-state index in [4.69, 9.17) is 0 Å². The fraction of sp³-hybridized carbons (Fsp3) is 0.706. The molecule has 112 valence electrons. The van der Waals surface area contributed by atoms with Gasteiger partial charge in [-0.25, -0.2) is 0 Å². The van der Waals surface area contributed by atoms with Crippen molar-refractivity contribution < 1.29 is 4.79 Å². The van der Waals surface area contributed by atoms with Crippen LogP contribution in [0.5, 0.6) is 0 Å². The van der Waals surface area contributed by atoms with Crippen molar-refractivity contribution in [3.05, 3.63) is 22.0 Å². The Bertz CT molecular complexity index is 486. The van der Waals surface area contributed by atoms with Crippen LogP contribution in [0, 0.1) is 11.8 Å². The van der Waals surface area contributed by atoms with Crippen molar-refractivity contribution in [3.8, 4) is 0 Å². The number of ketones is 1. The molecular formula is C17H30OSi2. The molecule has 0 aromatic carbocycles. The quantitative estimate of drug-likeness (QED) is 0.672. The number of hydrogen-bond acceptors (Lipinski definition) is 1. The molecule has 1 nitrogen and oxygen atoms in total. The fourth-order valence-electron chi connectivity index (χ4n) is 4.39. The van der Waals surface area contributed by atoms with Crippen molar-refractivity contribution in [3.63, 3.8) is 0 Å². The van der Waals surface area contributed by atoms with Gasteiger partial charge in [0.2, 0.25) is 0 Å². The minimum Gasteiger partial charge on any atom is -0.295 e. The number of carbonyl (C=O) groups is 1. The van der Waals surface area contributed by atoms with Crippen molar-refractivity contribution in [2.45, 2.75) is 65.5 Å². The second kappa shape index (κ2) is 5.09. The zero-order valence-corrected chi connectivity index (χ0v) is 16.3. The zero-order valence-electron chi connectivity index (χ0n) is 14.3. The topological polar surface area (TPSA) is 17.1 Å². The van der Waals surface area contributed by atoms with E-state index in [1.54, 1.807) is 12.1 Å². The molecule has 0 amide bonds. The molecule has 3 heteroatoms. The number of hydrogen-bond donors (Lipinski definition) is 0. The lowest BCUT2D eigenvalue weighted by Crippen LogP contribution is -2.36. The summed E-state index contributed by atoms with van der Waals surface area (Å²) < 4.78 is 0. The molecule has 2 bridgehead atoms. The monoisotopic (exact) mass is 306 g/mol. The smallest absolute Gasteiger partial charge is 0.156 e. The third kappa shape index (κ3) is 2.80. The van der Waals surface area contributed by atoms with E-state index in [9.17, 15) is 4.79 Å². The van der Waals surface area contributed by atoms with E-state index in [0.717, 1.165) is 17.9 Å². The molecular weight excluding hydrogens is 276 g/mol. The number of carbonyl (C=O) groups excluding carboxylic acids is 1. The largest absolute Gasteiger partial charge is 0.295 e. The van der Waals surface area contributed by atoms with E-state index < -0.39 is 16.1 Å². The number of rotatable bonds is 3. The molecule has 0 spiro atoms. The van der Waals surface area contributed by atoms with E-state index >= 15 is 0 Å². The van der Waals surface area contributed by atoms with E-state index in [0.29, 0.717) is 11.7 Å². The van der Waals surface area contributed by atoms with Crippen molar-refractivity contribution in [2.75, 3.05) is 0 Å². The highest BCUT2D eigenvalue weighted by Gasteiger charge is 2.45. The summed E-state index contributed by atoms with van der Waals surface area (Å²) in [6.07, 6.45) is 5.85. The van der Waals surface area contributed by atoms with Crippen LogP contribution in [0.3, 0.4) is 0 Å². The molecule has 0 aromatic heterocycles. The summed E-state index contributed by atoms with van der Waals surface area (Å²) in [5.41, 5.74) is 1.14. The Morgan fingerprint density at radius 2 is 1.60 bits per heavy atom. The number of Topliss-reactive ketones (excluding diaryl/α,β-unsaturated/α-hetero) is 1. The van der Waals surface area contributed by atoms with Crippen LogP contribution in [-0.2, 0) is 4.79 Å². The van der Waals surface area contributed by atoms with Gasteiger partial charge < -0.3 is 0 Å². The molecule has 0 heterocycles. The minimum atomic E-state index is -1.37. The summed E-state index contributed by atoms with van der Waals surface area (Å²) in [6, 6.07) is 0. The lowest BCUT2D eigenvalue weighted by Gasteiger charge is -2.33. The highest BCUT2D eigenvalue weighted by atomic mass is 28.3. The van der Waals surface area contributed by atoms with E-state index in [2.05, 4.69) is 45.4 Å². The van der Waals surface area contributed by atoms with Gasteiger partial charge in [0.15, 0.2) is 5.78 Å². The normalized spacial score (nSPS) is 27.4. The highest BCUT2D eigenvalue weighted by Crippen LogP contribution is 2.51. The Morgan fingerprint density at radius 3 is 2.05 bits per heavy atom. The van der Waals surface area contributed by atoms with Gasteiger partial charge in [0.05, 0.1) is 16.1 Å². The second-order valence-electron chi connectivity index (χ2n) is 8.61. The zero-order chi connectivity index (χ0) is 15.3. The molecule has 2 unspecified atom stereocenters. The molecule has 2 aliphatic rings. The van der Waals surface area contributed by atoms with Crippen LogP contribution in [0.4, 0.5) is 0 Å². The summed E-state index contributed by atoms with van der Waals surface area (Å²) in [4.78, 5) is 12.1. The van der Waals surface area contributed by atoms with Gasteiger partial charge in [0.25, 0.3) is 0 Å². The van der Waals surface area contributed by atoms with Crippen molar-refractivity contribution in [1.29, 1.82) is 0 Å². The molecule has 2 rings (SSSR count). The van der Waals surface area contributed by atoms with Crippen LogP contribution >= 0.6 is 0 Å². The molecule has 2 aliphatic carbocycles.